The van der Waals surface area contributed by atoms with Crippen molar-refractivity contribution in [2.75, 3.05) is 5.75 Å². The zero-order valence-electron chi connectivity index (χ0n) is 10.7. The minimum atomic E-state index is -0.460. The number of nitriles is 1. The van der Waals surface area contributed by atoms with Crippen LogP contribution in [0.15, 0.2) is 0 Å². The third-order valence-electron chi connectivity index (χ3n) is 3.18. The van der Waals surface area contributed by atoms with Crippen LogP contribution in [0.1, 0.15) is 46.0 Å². The summed E-state index contributed by atoms with van der Waals surface area (Å²) in [6, 6.07) is 2.39. The Morgan fingerprint density at radius 1 is 1.53 bits per heavy atom. The van der Waals surface area contributed by atoms with Crippen molar-refractivity contribution in [1.82, 2.24) is 5.32 Å². The summed E-state index contributed by atoms with van der Waals surface area (Å²) in [4.78, 5) is 11.8. The fourth-order valence-corrected chi connectivity index (χ4v) is 3.45. The van der Waals surface area contributed by atoms with Gasteiger partial charge >= 0.3 is 0 Å². The van der Waals surface area contributed by atoms with Gasteiger partial charge in [-0.25, -0.2) is 0 Å². The van der Waals surface area contributed by atoms with Crippen LogP contribution in [-0.4, -0.2) is 23.0 Å². The first-order valence-corrected chi connectivity index (χ1v) is 7.57. The standard InChI is InChI=1S/C13H22N2OS/c1-3-5-10(9-14)13(16)15-11-6-7-12(8-11)17-4-2/h10-12H,3-8H2,1-2H3,(H,15,16). The second-order valence-electron chi connectivity index (χ2n) is 4.57. The number of carbonyl (C=O) groups excluding carboxylic acids is 1. The van der Waals surface area contributed by atoms with Crippen LogP contribution in [0.3, 0.4) is 0 Å². The van der Waals surface area contributed by atoms with E-state index in [4.69, 9.17) is 5.26 Å². The lowest BCUT2D eigenvalue weighted by atomic mass is 10.0. The van der Waals surface area contributed by atoms with Gasteiger partial charge in [0.1, 0.15) is 5.92 Å². The molecule has 0 aromatic rings. The zero-order valence-corrected chi connectivity index (χ0v) is 11.6. The first-order chi connectivity index (χ1) is 8.21. The predicted molar refractivity (Wildman–Crippen MR) is 71.7 cm³/mol. The van der Waals surface area contributed by atoms with Crippen molar-refractivity contribution < 1.29 is 4.79 Å². The molecule has 1 N–H and O–H groups in total. The Labute approximate surface area is 108 Å². The first kappa shape index (κ1) is 14.4. The van der Waals surface area contributed by atoms with Crippen LogP contribution in [0, 0.1) is 17.2 Å². The van der Waals surface area contributed by atoms with Crippen molar-refractivity contribution >= 4 is 17.7 Å². The third-order valence-corrected chi connectivity index (χ3v) is 4.42. The Morgan fingerprint density at radius 2 is 2.29 bits per heavy atom. The van der Waals surface area contributed by atoms with E-state index in [9.17, 15) is 4.79 Å². The second-order valence-corrected chi connectivity index (χ2v) is 6.14. The topological polar surface area (TPSA) is 52.9 Å². The van der Waals surface area contributed by atoms with Gasteiger partial charge in [-0.05, 0) is 31.4 Å². The van der Waals surface area contributed by atoms with E-state index in [1.54, 1.807) is 0 Å². The van der Waals surface area contributed by atoms with Crippen LogP contribution in [-0.2, 0) is 4.79 Å². The van der Waals surface area contributed by atoms with E-state index < -0.39 is 5.92 Å². The van der Waals surface area contributed by atoms with Crippen LogP contribution >= 0.6 is 11.8 Å². The maximum atomic E-state index is 11.8. The minimum absolute atomic E-state index is 0.0681. The summed E-state index contributed by atoms with van der Waals surface area (Å²) in [6.45, 7) is 4.17. The summed E-state index contributed by atoms with van der Waals surface area (Å²) in [7, 11) is 0. The lowest BCUT2D eigenvalue weighted by molar-refractivity contribution is -0.124. The van der Waals surface area contributed by atoms with Gasteiger partial charge in [-0.3, -0.25) is 4.79 Å². The number of thioether (sulfide) groups is 1. The molecule has 1 aliphatic rings. The molecule has 17 heavy (non-hydrogen) atoms. The average Bonchev–Trinajstić information content (AvgIpc) is 2.73. The average molecular weight is 254 g/mol. The van der Waals surface area contributed by atoms with Gasteiger partial charge in [0.15, 0.2) is 0 Å². The van der Waals surface area contributed by atoms with Crippen LogP contribution in [0.5, 0.6) is 0 Å². The lowest BCUT2D eigenvalue weighted by Crippen LogP contribution is -2.37. The van der Waals surface area contributed by atoms with E-state index in [0.29, 0.717) is 17.7 Å². The van der Waals surface area contributed by atoms with Crippen molar-refractivity contribution in [1.29, 1.82) is 5.26 Å². The third kappa shape index (κ3) is 4.59. The van der Waals surface area contributed by atoms with Crippen molar-refractivity contribution in [2.45, 2.75) is 57.2 Å². The summed E-state index contributed by atoms with van der Waals surface area (Å²) in [5.41, 5.74) is 0. The van der Waals surface area contributed by atoms with Gasteiger partial charge in [-0.15, -0.1) is 0 Å². The molecule has 1 fully saturated rings. The molecule has 0 aromatic carbocycles. The van der Waals surface area contributed by atoms with E-state index in [-0.39, 0.29) is 5.91 Å². The summed E-state index contributed by atoms with van der Waals surface area (Å²) in [5, 5.41) is 12.6. The summed E-state index contributed by atoms with van der Waals surface area (Å²) in [5.74, 6) is 0.613. The summed E-state index contributed by atoms with van der Waals surface area (Å²) < 4.78 is 0. The minimum Gasteiger partial charge on any atom is -0.352 e. The van der Waals surface area contributed by atoms with E-state index in [2.05, 4.69) is 18.3 Å². The molecule has 3 atom stereocenters. The van der Waals surface area contributed by atoms with Crippen LogP contribution in [0.4, 0.5) is 0 Å². The number of nitrogens with zero attached hydrogens (tertiary/aromatic N) is 1. The van der Waals surface area contributed by atoms with Gasteiger partial charge < -0.3 is 5.32 Å². The summed E-state index contributed by atoms with van der Waals surface area (Å²) >= 11 is 1.98. The number of hydrogen-bond donors (Lipinski definition) is 1. The zero-order chi connectivity index (χ0) is 12.7. The fourth-order valence-electron chi connectivity index (χ4n) is 2.30. The molecular weight excluding hydrogens is 232 g/mol. The molecule has 0 radical (unpaired) electrons. The van der Waals surface area contributed by atoms with Gasteiger partial charge in [0, 0.05) is 11.3 Å². The highest BCUT2D eigenvalue weighted by molar-refractivity contribution is 7.99. The molecule has 1 rings (SSSR count). The molecule has 96 valence electrons. The number of rotatable bonds is 6. The lowest BCUT2D eigenvalue weighted by Gasteiger charge is -2.15. The Balaban J connectivity index is 2.35. The second kappa shape index (κ2) is 7.60. The fraction of sp³-hybridized carbons (Fsp3) is 0.846. The molecule has 0 aliphatic heterocycles. The van der Waals surface area contributed by atoms with E-state index in [1.807, 2.05) is 18.7 Å². The molecule has 4 heteroatoms. The van der Waals surface area contributed by atoms with E-state index >= 15 is 0 Å². The molecule has 0 spiro atoms. The Bertz CT molecular complexity index is 288. The number of nitrogens with one attached hydrogen (secondary N) is 1. The first-order valence-electron chi connectivity index (χ1n) is 6.52. The molecular formula is C13H22N2OS. The van der Waals surface area contributed by atoms with E-state index in [0.717, 1.165) is 25.0 Å². The Morgan fingerprint density at radius 3 is 2.88 bits per heavy atom. The number of amides is 1. The molecule has 3 unspecified atom stereocenters. The molecule has 1 saturated carbocycles. The number of carbonyl (C=O) groups is 1. The Hall–Kier alpha value is -0.690. The largest absolute Gasteiger partial charge is 0.352 e. The van der Waals surface area contributed by atoms with Crippen LogP contribution in [0.2, 0.25) is 0 Å². The highest BCUT2D eigenvalue weighted by Gasteiger charge is 2.27. The summed E-state index contributed by atoms with van der Waals surface area (Å²) in [6.07, 6.45) is 4.86. The molecule has 0 bridgehead atoms. The predicted octanol–water partition coefficient (Wildman–Crippen LogP) is 2.72. The molecule has 3 nitrogen and oxygen atoms in total. The van der Waals surface area contributed by atoms with Gasteiger partial charge in [0.05, 0.1) is 6.07 Å². The van der Waals surface area contributed by atoms with Crippen LogP contribution in [0.25, 0.3) is 0 Å². The Kier molecular flexibility index (Phi) is 6.43. The SMILES string of the molecule is CCCC(C#N)C(=O)NC1CCC(SCC)C1. The van der Waals surface area contributed by atoms with Crippen molar-refractivity contribution in [3.8, 4) is 6.07 Å². The van der Waals surface area contributed by atoms with E-state index in [1.165, 1.54) is 6.42 Å². The normalized spacial score (nSPS) is 25.2. The number of hydrogen-bond acceptors (Lipinski definition) is 3. The molecule has 1 aliphatic carbocycles. The van der Waals surface area contributed by atoms with Gasteiger partial charge in [-0.1, -0.05) is 20.3 Å². The highest BCUT2D eigenvalue weighted by atomic mass is 32.2. The molecule has 0 saturated heterocycles. The monoisotopic (exact) mass is 254 g/mol. The smallest absolute Gasteiger partial charge is 0.237 e. The van der Waals surface area contributed by atoms with Crippen molar-refractivity contribution in [2.24, 2.45) is 5.92 Å². The molecule has 0 aromatic heterocycles. The highest BCUT2D eigenvalue weighted by Crippen LogP contribution is 2.29. The quantitative estimate of drug-likeness (QED) is 0.793. The molecule has 1 amide bonds. The van der Waals surface area contributed by atoms with Crippen molar-refractivity contribution in [3.63, 3.8) is 0 Å². The van der Waals surface area contributed by atoms with Gasteiger partial charge in [0.25, 0.3) is 0 Å². The van der Waals surface area contributed by atoms with Crippen LogP contribution < -0.4 is 5.32 Å². The van der Waals surface area contributed by atoms with Gasteiger partial charge in [0.2, 0.25) is 5.91 Å². The molecule has 0 heterocycles. The maximum absolute atomic E-state index is 11.8. The van der Waals surface area contributed by atoms with Crippen molar-refractivity contribution in [3.05, 3.63) is 0 Å². The van der Waals surface area contributed by atoms with Gasteiger partial charge in [-0.2, -0.15) is 17.0 Å². The maximum Gasteiger partial charge on any atom is 0.237 e.